The molecule has 2 N–H and O–H groups in total. The average Bonchev–Trinajstić information content (AvgIpc) is 2.65. The molecule has 0 unspecified atom stereocenters. The molecule has 1 amide bonds. The van der Waals surface area contributed by atoms with E-state index in [1.165, 1.54) is 10.6 Å². The Labute approximate surface area is 155 Å². The second-order valence-electron chi connectivity index (χ2n) is 6.98. The predicted molar refractivity (Wildman–Crippen MR) is 105 cm³/mol. The summed E-state index contributed by atoms with van der Waals surface area (Å²) < 4.78 is 5.31. The number of piperazine rings is 1. The molecular weight excluding hydrogens is 326 g/mol. The van der Waals surface area contributed by atoms with Crippen molar-refractivity contribution in [3.63, 3.8) is 0 Å². The largest absolute Gasteiger partial charge is 0.497 e. The summed E-state index contributed by atoms with van der Waals surface area (Å²) in [5.74, 6) is 0.966. The van der Waals surface area contributed by atoms with Crippen molar-refractivity contribution < 1.29 is 14.4 Å². The number of carbonyl (C=O) groups is 1. The Morgan fingerprint density at radius 2 is 1.92 bits per heavy atom. The molecule has 3 rings (SSSR count). The third kappa shape index (κ3) is 4.55. The summed E-state index contributed by atoms with van der Waals surface area (Å²) in [5, 5.41) is 3.07. The number of rotatable bonds is 5. The van der Waals surface area contributed by atoms with E-state index in [9.17, 15) is 4.79 Å². The third-order valence-electron chi connectivity index (χ3n) is 4.97. The smallest absolute Gasteiger partial charge is 0.279 e. The van der Waals surface area contributed by atoms with Crippen molar-refractivity contribution in [1.82, 2.24) is 0 Å². The summed E-state index contributed by atoms with van der Waals surface area (Å²) >= 11 is 0. The van der Waals surface area contributed by atoms with Crippen LogP contribution in [0.15, 0.2) is 42.5 Å². The number of ether oxygens (including phenoxy) is 1. The molecule has 1 saturated heterocycles. The molecule has 0 atom stereocenters. The van der Waals surface area contributed by atoms with E-state index in [2.05, 4.69) is 28.4 Å². The van der Waals surface area contributed by atoms with Gasteiger partial charge in [-0.25, -0.2) is 0 Å². The molecule has 1 fully saturated rings. The molecule has 5 heteroatoms. The van der Waals surface area contributed by atoms with Crippen LogP contribution in [0.2, 0.25) is 0 Å². The molecule has 0 aromatic heterocycles. The van der Waals surface area contributed by atoms with Gasteiger partial charge in [-0.3, -0.25) is 4.79 Å². The number of nitrogens with zero attached hydrogens (tertiary/aromatic N) is 1. The molecule has 1 aliphatic heterocycles. The van der Waals surface area contributed by atoms with Crippen LogP contribution in [0.25, 0.3) is 0 Å². The fourth-order valence-corrected chi connectivity index (χ4v) is 3.36. The van der Waals surface area contributed by atoms with E-state index in [0.29, 0.717) is 6.54 Å². The lowest BCUT2D eigenvalue weighted by Crippen LogP contribution is -3.15. The van der Waals surface area contributed by atoms with E-state index in [4.69, 9.17) is 4.74 Å². The zero-order chi connectivity index (χ0) is 18.5. The van der Waals surface area contributed by atoms with Crippen LogP contribution >= 0.6 is 0 Å². The minimum Gasteiger partial charge on any atom is -0.497 e. The van der Waals surface area contributed by atoms with Gasteiger partial charge < -0.3 is 19.9 Å². The molecule has 0 aliphatic carbocycles. The monoisotopic (exact) mass is 354 g/mol. The van der Waals surface area contributed by atoms with Gasteiger partial charge in [-0.1, -0.05) is 18.2 Å². The maximum atomic E-state index is 12.4. The number of quaternary nitrogens is 1. The maximum absolute atomic E-state index is 12.4. The van der Waals surface area contributed by atoms with E-state index < -0.39 is 0 Å². The molecule has 26 heavy (non-hydrogen) atoms. The van der Waals surface area contributed by atoms with Gasteiger partial charge in [0.05, 0.1) is 33.3 Å². The van der Waals surface area contributed by atoms with Gasteiger partial charge in [0, 0.05) is 17.4 Å². The number of amides is 1. The average molecular weight is 354 g/mol. The molecule has 0 bridgehead atoms. The normalized spacial score (nSPS) is 15.0. The van der Waals surface area contributed by atoms with Gasteiger partial charge >= 0.3 is 0 Å². The standard InChI is InChI=1S/C21H27N3O2/c1-16-7-8-17(2)20(13-16)22-21(25)15-23-9-11-24(12-10-23)18-5-4-6-19(14-18)26-3/h4-8,13-14H,9-12,15H2,1-3H3,(H,22,25)/p+1. The lowest BCUT2D eigenvalue weighted by atomic mass is 10.1. The molecule has 138 valence electrons. The number of anilines is 2. The van der Waals surface area contributed by atoms with Crippen LogP contribution in [0.1, 0.15) is 11.1 Å². The summed E-state index contributed by atoms with van der Waals surface area (Å²) in [6.07, 6.45) is 0. The molecule has 0 spiro atoms. The highest BCUT2D eigenvalue weighted by molar-refractivity contribution is 5.92. The second kappa shape index (κ2) is 8.23. The number of aryl methyl sites for hydroxylation is 2. The van der Waals surface area contributed by atoms with Gasteiger partial charge in [0.25, 0.3) is 5.91 Å². The van der Waals surface area contributed by atoms with Gasteiger partial charge in [-0.15, -0.1) is 0 Å². The molecule has 2 aromatic rings. The van der Waals surface area contributed by atoms with Crippen LogP contribution in [0.4, 0.5) is 11.4 Å². The van der Waals surface area contributed by atoms with Crippen LogP contribution < -0.4 is 19.9 Å². The number of hydrogen-bond acceptors (Lipinski definition) is 3. The number of methoxy groups -OCH3 is 1. The van der Waals surface area contributed by atoms with Crippen LogP contribution in [-0.4, -0.2) is 45.7 Å². The van der Waals surface area contributed by atoms with Crippen molar-refractivity contribution in [2.75, 3.05) is 50.1 Å². The Morgan fingerprint density at radius 3 is 2.65 bits per heavy atom. The van der Waals surface area contributed by atoms with Crippen LogP contribution in [-0.2, 0) is 4.79 Å². The van der Waals surface area contributed by atoms with Crippen LogP contribution in [0.5, 0.6) is 5.75 Å². The number of nitrogens with one attached hydrogen (secondary N) is 2. The first kappa shape index (κ1) is 18.3. The molecule has 2 aromatic carbocycles. The lowest BCUT2D eigenvalue weighted by Gasteiger charge is -2.33. The Kier molecular flexibility index (Phi) is 5.78. The third-order valence-corrected chi connectivity index (χ3v) is 4.97. The number of hydrogen-bond donors (Lipinski definition) is 2. The topological polar surface area (TPSA) is 46.0 Å². The Bertz CT molecular complexity index is 768. The SMILES string of the molecule is COc1cccc(N2CC[NH+](CC(=O)Nc3cc(C)ccc3C)CC2)c1. The fourth-order valence-electron chi connectivity index (χ4n) is 3.36. The van der Waals surface area contributed by atoms with E-state index in [1.54, 1.807) is 7.11 Å². The van der Waals surface area contributed by atoms with E-state index in [0.717, 1.165) is 48.7 Å². The zero-order valence-corrected chi connectivity index (χ0v) is 15.8. The molecule has 0 radical (unpaired) electrons. The highest BCUT2D eigenvalue weighted by Crippen LogP contribution is 2.20. The first-order valence-electron chi connectivity index (χ1n) is 9.15. The summed E-state index contributed by atoms with van der Waals surface area (Å²) in [6.45, 7) is 8.37. The highest BCUT2D eigenvalue weighted by Gasteiger charge is 2.22. The van der Waals surface area contributed by atoms with Crippen molar-refractivity contribution in [3.8, 4) is 5.75 Å². The van der Waals surface area contributed by atoms with Gasteiger partial charge in [0.2, 0.25) is 0 Å². The Balaban J connectivity index is 1.52. The predicted octanol–water partition coefficient (Wildman–Crippen LogP) is 1.66. The molecular formula is C21H28N3O2+. The molecule has 1 heterocycles. The Morgan fingerprint density at radius 1 is 1.15 bits per heavy atom. The minimum absolute atomic E-state index is 0.0866. The van der Waals surface area contributed by atoms with Crippen molar-refractivity contribution in [1.29, 1.82) is 0 Å². The highest BCUT2D eigenvalue weighted by atomic mass is 16.5. The molecule has 5 nitrogen and oxygen atoms in total. The molecule has 0 saturated carbocycles. The van der Waals surface area contributed by atoms with Crippen molar-refractivity contribution in [2.45, 2.75) is 13.8 Å². The van der Waals surface area contributed by atoms with Crippen molar-refractivity contribution in [3.05, 3.63) is 53.6 Å². The maximum Gasteiger partial charge on any atom is 0.279 e. The van der Waals surface area contributed by atoms with Gasteiger partial charge in [-0.05, 0) is 43.2 Å². The fraction of sp³-hybridized carbons (Fsp3) is 0.381. The van der Waals surface area contributed by atoms with Crippen LogP contribution in [0.3, 0.4) is 0 Å². The zero-order valence-electron chi connectivity index (χ0n) is 15.8. The van der Waals surface area contributed by atoms with Gasteiger partial charge in [0.1, 0.15) is 5.75 Å². The van der Waals surface area contributed by atoms with Crippen molar-refractivity contribution >= 4 is 17.3 Å². The minimum atomic E-state index is 0.0866. The first-order chi connectivity index (χ1) is 12.5. The van der Waals surface area contributed by atoms with E-state index in [1.807, 2.05) is 38.1 Å². The Hall–Kier alpha value is -2.53. The number of benzene rings is 2. The van der Waals surface area contributed by atoms with E-state index in [-0.39, 0.29) is 5.91 Å². The summed E-state index contributed by atoms with van der Waals surface area (Å²) in [7, 11) is 1.69. The number of carbonyl (C=O) groups excluding carboxylic acids is 1. The van der Waals surface area contributed by atoms with Crippen LogP contribution in [0, 0.1) is 13.8 Å². The van der Waals surface area contributed by atoms with Gasteiger partial charge in [0.15, 0.2) is 6.54 Å². The first-order valence-corrected chi connectivity index (χ1v) is 9.15. The lowest BCUT2D eigenvalue weighted by molar-refractivity contribution is -0.892. The summed E-state index contributed by atoms with van der Waals surface area (Å²) in [4.78, 5) is 16.1. The quantitative estimate of drug-likeness (QED) is 0.858. The van der Waals surface area contributed by atoms with E-state index >= 15 is 0 Å². The second-order valence-corrected chi connectivity index (χ2v) is 6.98. The summed E-state index contributed by atoms with van der Waals surface area (Å²) in [6, 6.07) is 14.3. The van der Waals surface area contributed by atoms with Crippen molar-refractivity contribution in [2.24, 2.45) is 0 Å². The molecule has 1 aliphatic rings. The van der Waals surface area contributed by atoms with Gasteiger partial charge in [-0.2, -0.15) is 0 Å². The summed E-state index contributed by atoms with van der Waals surface area (Å²) in [5.41, 5.74) is 4.36.